The van der Waals surface area contributed by atoms with Crippen molar-refractivity contribution in [2.45, 2.75) is 18.2 Å². The number of anilines is 1. The van der Waals surface area contributed by atoms with Crippen molar-refractivity contribution in [2.75, 3.05) is 11.5 Å². The summed E-state index contributed by atoms with van der Waals surface area (Å²) >= 11 is 1.82. The van der Waals surface area contributed by atoms with Gasteiger partial charge in [-0.25, -0.2) is 0 Å². The lowest BCUT2D eigenvalue weighted by atomic mass is 10.3. The highest BCUT2D eigenvalue weighted by Crippen LogP contribution is 2.24. The third-order valence-electron chi connectivity index (χ3n) is 1.38. The number of hydrogen-bond donors (Lipinski definition) is 1. The number of thioether (sulfide) groups is 1. The molecular formula is C9H13NS. The van der Waals surface area contributed by atoms with E-state index in [0.717, 1.165) is 11.4 Å². The van der Waals surface area contributed by atoms with E-state index in [1.54, 1.807) is 0 Å². The second kappa shape index (κ2) is 4.29. The first-order valence-corrected chi connectivity index (χ1v) is 4.80. The van der Waals surface area contributed by atoms with E-state index in [-0.39, 0.29) is 0 Å². The van der Waals surface area contributed by atoms with Crippen LogP contribution in [0.15, 0.2) is 29.2 Å². The maximum atomic E-state index is 5.74. The van der Waals surface area contributed by atoms with Gasteiger partial charge in [-0.2, -0.15) is 0 Å². The van der Waals surface area contributed by atoms with E-state index in [4.69, 9.17) is 5.73 Å². The molecule has 0 radical (unpaired) electrons. The van der Waals surface area contributed by atoms with Crippen molar-refractivity contribution < 1.29 is 0 Å². The molecule has 0 aliphatic carbocycles. The number of hydrogen-bond acceptors (Lipinski definition) is 2. The molecule has 11 heavy (non-hydrogen) atoms. The fraction of sp³-hybridized carbons (Fsp3) is 0.333. The lowest BCUT2D eigenvalue weighted by molar-refractivity contribution is 1.10. The zero-order valence-electron chi connectivity index (χ0n) is 6.71. The first kappa shape index (κ1) is 8.47. The Hall–Kier alpha value is -0.630. The Morgan fingerprint density at radius 2 is 2.09 bits per heavy atom. The Bertz CT molecular complexity index is 223. The van der Waals surface area contributed by atoms with Gasteiger partial charge in [0.15, 0.2) is 0 Å². The Balaban J connectivity index is 2.62. The van der Waals surface area contributed by atoms with Gasteiger partial charge in [-0.15, -0.1) is 11.8 Å². The summed E-state index contributed by atoms with van der Waals surface area (Å²) in [6.45, 7) is 2.17. The van der Waals surface area contributed by atoms with Gasteiger partial charge in [0.25, 0.3) is 0 Å². The molecule has 1 aromatic rings. The van der Waals surface area contributed by atoms with Gasteiger partial charge in [0, 0.05) is 10.6 Å². The largest absolute Gasteiger partial charge is 0.398 e. The van der Waals surface area contributed by atoms with E-state index in [1.165, 1.54) is 11.3 Å². The molecule has 0 fully saturated rings. The average Bonchev–Trinajstić information content (AvgIpc) is 2.03. The number of nitrogen functional groups attached to an aromatic ring is 1. The van der Waals surface area contributed by atoms with Gasteiger partial charge in [-0.1, -0.05) is 19.1 Å². The Morgan fingerprint density at radius 3 is 2.73 bits per heavy atom. The summed E-state index contributed by atoms with van der Waals surface area (Å²) < 4.78 is 0. The van der Waals surface area contributed by atoms with E-state index in [1.807, 2.05) is 30.0 Å². The minimum atomic E-state index is 0.894. The fourth-order valence-electron chi connectivity index (χ4n) is 0.824. The molecule has 0 bridgehead atoms. The van der Waals surface area contributed by atoms with Crippen LogP contribution < -0.4 is 5.73 Å². The van der Waals surface area contributed by atoms with Gasteiger partial charge in [-0.05, 0) is 24.3 Å². The summed E-state index contributed by atoms with van der Waals surface area (Å²) in [5.41, 5.74) is 6.63. The van der Waals surface area contributed by atoms with E-state index >= 15 is 0 Å². The minimum absolute atomic E-state index is 0.894. The molecule has 0 amide bonds. The predicted octanol–water partition coefficient (Wildman–Crippen LogP) is 2.77. The molecule has 0 aliphatic heterocycles. The second-order valence-corrected chi connectivity index (χ2v) is 3.52. The van der Waals surface area contributed by atoms with E-state index in [9.17, 15) is 0 Å². The maximum absolute atomic E-state index is 5.74. The molecule has 2 heteroatoms. The second-order valence-electron chi connectivity index (χ2n) is 2.39. The zero-order chi connectivity index (χ0) is 8.10. The van der Waals surface area contributed by atoms with Crippen LogP contribution in [-0.2, 0) is 0 Å². The highest BCUT2D eigenvalue weighted by molar-refractivity contribution is 7.99. The monoisotopic (exact) mass is 167 g/mol. The van der Waals surface area contributed by atoms with Crippen molar-refractivity contribution in [1.82, 2.24) is 0 Å². The number of para-hydroxylation sites is 1. The molecule has 1 aromatic carbocycles. The topological polar surface area (TPSA) is 26.0 Å². The van der Waals surface area contributed by atoms with Crippen molar-refractivity contribution in [2.24, 2.45) is 0 Å². The van der Waals surface area contributed by atoms with Gasteiger partial charge in [0.2, 0.25) is 0 Å². The van der Waals surface area contributed by atoms with Gasteiger partial charge >= 0.3 is 0 Å². The third-order valence-corrected chi connectivity index (χ3v) is 2.68. The maximum Gasteiger partial charge on any atom is 0.0452 e. The van der Waals surface area contributed by atoms with Crippen molar-refractivity contribution in [3.8, 4) is 0 Å². The summed E-state index contributed by atoms with van der Waals surface area (Å²) in [5, 5.41) is 0. The lowest BCUT2D eigenvalue weighted by Gasteiger charge is -2.02. The first-order chi connectivity index (χ1) is 5.34. The van der Waals surface area contributed by atoms with Gasteiger partial charge in [0.05, 0.1) is 0 Å². The SMILES string of the molecule is CCCSc1ccccc1N. The summed E-state index contributed by atoms with van der Waals surface area (Å²) in [6.07, 6.45) is 1.19. The minimum Gasteiger partial charge on any atom is -0.398 e. The molecule has 0 atom stereocenters. The summed E-state index contributed by atoms with van der Waals surface area (Å²) in [6, 6.07) is 7.99. The van der Waals surface area contributed by atoms with Crippen molar-refractivity contribution in [1.29, 1.82) is 0 Å². The number of rotatable bonds is 3. The summed E-state index contributed by atoms with van der Waals surface area (Å²) in [7, 11) is 0. The van der Waals surface area contributed by atoms with Crippen LogP contribution in [-0.4, -0.2) is 5.75 Å². The smallest absolute Gasteiger partial charge is 0.0452 e. The molecule has 0 aliphatic rings. The summed E-state index contributed by atoms with van der Waals surface area (Å²) in [4.78, 5) is 1.20. The molecule has 2 N–H and O–H groups in total. The molecule has 0 saturated heterocycles. The van der Waals surface area contributed by atoms with Crippen LogP contribution in [0.2, 0.25) is 0 Å². The molecule has 0 aromatic heterocycles. The van der Waals surface area contributed by atoms with Crippen molar-refractivity contribution in [3.63, 3.8) is 0 Å². The normalized spacial score (nSPS) is 9.91. The molecule has 1 rings (SSSR count). The highest BCUT2D eigenvalue weighted by atomic mass is 32.2. The van der Waals surface area contributed by atoms with Crippen molar-refractivity contribution in [3.05, 3.63) is 24.3 Å². The molecular weight excluding hydrogens is 154 g/mol. The quantitative estimate of drug-likeness (QED) is 0.553. The molecule has 0 heterocycles. The Morgan fingerprint density at radius 1 is 1.36 bits per heavy atom. The first-order valence-electron chi connectivity index (χ1n) is 3.82. The van der Waals surface area contributed by atoms with E-state index < -0.39 is 0 Å². The van der Waals surface area contributed by atoms with Crippen LogP contribution in [0, 0.1) is 0 Å². The number of nitrogens with two attached hydrogens (primary N) is 1. The van der Waals surface area contributed by atoms with Crippen LogP contribution >= 0.6 is 11.8 Å². The van der Waals surface area contributed by atoms with Crippen LogP contribution in [0.3, 0.4) is 0 Å². The third kappa shape index (κ3) is 2.46. The highest BCUT2D eigenvalue weighted by Gasteiger charge is 1.95. The van der Waals surface area contributed by atoms with Gasteiger partial charge in [-0.3, -0.25) is 0 Å². The Kier molecular flexibility index (Phi) is 3.30. The molecule has 0 unspecified atom stereocenters. The zero-order valence-corrected chi connectivity index (χ0v) is 7.53. The lowest BCUT2D eigenvalue weighted by Crippen LogP contribution is -1.87. The summed E-state index contributed by atoms with van der Waals surface area (Å²) in [5.74, 6) is 1.15. The predicted molar refractivity (Wildman–Crippen MR) is 51.9 cm³/mol. The average molecular weight is 167 g/mol. The molecule has 60 valence electrons. The standard InChI is InChI=1S/C9H13NS/c1-2-7-11-9-6-4-3-5-8(9)10/h3-6H,2,7,10H2,1H3. The van der Waals surface area contributed by atoms with Crippen LogP contribution in [0.4, 0.5) is 5.69 Å². The molecule has 0 spiro atoms. The Labute approximate surface area is 72.0 Å². The van der Waals surface area contributed by atoms with Gasteiger partial charge in [0.1, 0.15) is 0 Å². The van der Waals surface area contributed by atoms with Crippen LogP contribution in [0.25, 0.3) is 0 Å². The molecule has 1 nitrogen and oxygen atoms in total. The molecule has 0 saturated carbocycles. The van der Waals surface area contributed by atoms with Crippen LogP contribution in [0.1, 0.15) is 13.3 Å². The van der Waals surface area contributed by atoms with Gasteiger partial charge < -0.3 is 5.73 Å². The number of benzene rings is 1. The van der Waals surface area contributed by atoms with E-state index in [0.29, 0.717) is 0 Å². The fourth-order valence-corrected chi connectivity index (χ4v) is 1.66. The van der Waals surface area contributed by atoms with E-state index in [2.05, 4.69) is 13.0 Å². The van der Waals surface area contributed by atoms with Crippen molar-refractivity contribution >= 4 is 17.4 Å². The van der Waals surface area contributed by atoms with Crippen LogP contribution in [0.5, 0.6) is 0 Å².